The number of rotatable bonds is 5. The van der Waals surface area contributed by atoms with Gasteiger partial charge in [0, 0.05) is 11.1 Å². The maximum Gasteiger partial charge on any atom is 0.209 e. The van der Waals surface area contributed by atoms with Gasteiger partial charge in [-0.25, -0.2) is 4.98 Å². The summed E-state index contributed by atoms with van der Waals surface area (Å²) in [6.45, 7) is 2.95. The second-order valence-electron chi connectivity index (χ2n) is 5.82. The minimum atomic E-state index is -0.277. The van der Waals surface area contributed by atoms with Gasteiger partial charge in [0.1, 0.15) is 13.2 Å². The molecular formula is C19H17N3O3S. The molecule has 1 aliphatic heterocycles. The highest BCUT2D eigenvalue weighted by atomic mass is 32.2. The van der Waals surface area contributed by atoms with Gasteiger partial charge < -0.3 is 9.47 Å². The van der Waals surface area contributed by atoms with Gasteiger partial charge in [0.25, 0.3) is 0 Å². The van der Waals surface area contributed by atoms with Crippen LogP contribution < -0.4 is 9.47 Å². The van der Waals surface area contributed by atoms with Crippen molar-refractivity contribution in [2.45, 2.75) is 17.3 Å². The number of hydrogen-bond acceptors (Lipinski definition) is 6. The molecule has 132 valence electrons. The molecule has 1 aliphatic rings. The third-order valence-corrected chi connectivity index (χ3v) is 4.95. The number of ether oxygens (including phenoxy) is 2. The Morgan fingerprint density at radius 2 is 1.88 bits per heavy atom. The third kappa shape index (κ3) is 3.43. The van der Waals surface area contributed by atoms with Crippen LogP contribution in [0.1, 0.15) is 17.3 Å². The Morgan fingerprint density at radius 1 is 1.12 bits per heavy atom. The van der Waals surface area contributed by atoms with Crippen molar-refractivity contribution in [2.24, 2.45) is 0 Å². The zero-order valence-corrected chi connectivity index (χ0v) is 15.0. The zero-order chi connectivity index (χ0) is 17.9. The molecule has 0 bridgehead atoms. The van der Waals surface area contributed by atoms with Crippen LogP contribution in [0.2, 0.25) is 0 Å². The van der Waals surface area contributed by atoms with Crippen LogP contribution in [0.15, 0.2) is 53.7 Å². The molecule has 0 aliphatic carbocycles. The van der Waals surface area contributed by atoms with E-state index in [0.717, 1.165) is 11.3 Å². The molecular weight excluding hydrogens is 350 g/mol. The van der Waals surface area contributed by atoms with Crippen molar-refractivity contribution in [3.8, 4) is 22.9 Å². The number of aromatic amines is 1. The normalized spacial score (nSPS) is 14.0. The molecule has 26 heavy (non-hydrogen) atoms. The molecule has 2 aromatic carbocycles. The van der Waals surface area contributed by atoms with Crippen molar-refractivity contribution in [2.75, 3.05) is 13.2 Å². The smallest absolute Gasteiger partial charge is 0.209 e. The van der Waals surface area contributed by atoms with E-state index < -0.39 is 0 Å². The number of fused-ring (bicyclic) bond motifs is 1. The van der Waals surface area contributed by atoms with Crippen molar-refractivity contribution >= 4 is 17.5 Å². The van der Waals surface area contributed by atoms with Gasteiger partial charge >= 0.3 is 0 Å². The number of carbonyl (C=O) groups is 1. The van der Waals surface area contributed by atoms with Crippen molar-refractivity contribution in [1.82, 2.24) is 15.2 Å². The fraction of sp³-hybridized carbons (Fsp3) is 0.211. The Hall–Kier alpha value is -2.80. The van der Waals surface area contributed by atoms with E-state index in [1.807, 2.05) is 55.5 Å². The largest absolute Gasteiger partial charge is 0.486 e. The fourth-order valence-electron chi connectivity index (χ4n) is 2.67. The number of nitrogens with zero attached hydrogens (tertiary/aromatic N) is 2. The fourth-order valence-corrected chi connectivity index (χ4v) is 3.47. The lowest BCUT2D eigenvalue weighted by Gasteiger charge is -2.18. The number of benzene rings is 2. The Bertz CT molecular complexity index is 927. The first-order valence-corrected chi connectivity index (χ1v) is 9.17. The lowest BCUT2D eigenvalue weighted by molar-refractivity contribution is 0.0994. The summed E-state index contributed by atoms with van der Waals surface area (Å²) in [5, 5.41) is 7.40. The molecule has 1 atom stereocenters. The summed E-state index contributed by atoms with van der Waals surface area (Å²) in [4.78, 5) is 17.0. The van der Waals surface area contributed by atoms with Crippen LogP contribution >= 0.6 is 11.8 Å². The van der Waals surface area contributed by atoms with Gasteiger partial charge in [-0.1, -0.05) is 42.1 Å². The second kappa shape index (κ2) is 7.21. The van der Waals surface area contributed by atoms with Crippen LogP contribution in [0.3, 0.4) is 0 Å². The molecule has 1 unspecified atom stereocenters. The van der Waals surface area contributed by atoms with Crippen molar-refractivity contribution in [3.63, 3.8) is 0 Å². The molecule has 0 saturated carbocycles. The highest BCUT2D eigenvalue weighted by Crippen LogP contribution is 2.34. The second-order valence-corrected chi connectivity index (χ2v) is 7.12. The predicted octanol–water partition coefficient (Wildman–Crippen LogP) is 3.61. The van der Waals surface area contributed by atoms with Crippen molar-refractivity contribution < 1.29 is 14.3 Å². The van der Waals surface area contributed by atoms with Gasteiger partial charge in [0.05, 0.1) is 5.25 Å². The number of Topliss-reactive ketones (excluding diaryl/α,β-unsaturated/α-hetero) is 1. The SMILES string of the molecule is CC(Sc1n[nH]c(-c2ccc3c(c2)OCCO3)n1)C(=O)c1ccccc1. The lowest BCUT2D eigenvalue weighted by atomic mass is 10.1. The van der Waals surface area contributed by atoms with Crippen LogP contribution in [0.4, 0.5) is 0 Å². The van der Waals surface area contributed by atoms with Gasteiger partial charge in [-0.05, 0) is 25.1 Å². The summed E-state index contributed by atoms with van der Waals surface area (Å²) in [5.41, 5.74) is 1.55. The summed E-state index contributed by atoms with van der Waals surface area (Å²) >= 11 is 1.33. The number of carbonyl (C=O) groups excluding carboxylic acids is 1. The lowest BCUT2D eigenvalue weighted by Crippen LogP contribution is -2.15. The van der Waals surface area contributed by atoms with Gasteiger partial charge in [0.2, 0.25) is 5.16 Å². The Morgan fingerprint density at radius 3 is 2.69 bits per heavy atom. The van der Waals surface area contributed by atoms with Crippen LogP contribution in [0, 0.1) is 0 Å². The molecule has 1 aromatic heterocycles. The van der Waals surface area contributed by atoms with E-state index in [1.165, 1.54) is 11.8 Å². The average molecular weight is 367 g/mol. The number of H-pyrrole nitrogens is 1. The number of thioether (sulfide) groups is 1. The molecule has 0 amide bonds. The summed E-state index contributed by atoms with van der Waals surface area (Å²) in [6.07, 6.45) is 0. The average Bonchev–Trinajstić information content (AvgIpc) is 3.16. The first-order valence-electron chi connectivity index (χ1n) is 8.29. The summed E-state index contributed by atoms with van der Waals surface area (Å²) in [7, 11) is 0. The number of hydrogen-bond donors (Lipinski definition) is 1. The summed E-state index contributed by atoms with van der Waals surface area (Å²) in [6, 6.07) is 14.9. The Labute approximate surface area is 154 Å². The summed E-state index contributed by atoms with van der Waals surface area (Å²) < 4.78 is 11.1. The minimum Gasteiger partial charge on any atom is -0.486 e. The molecule has 0 spiro atoms. The number of ketones is 1. The molecule has 0 fully saturated rings. The monoisotopic (exact) mass is 367 g/mol. The van der Waals surface area contributed by atoms with Crippen LogP contribution in [-0.2, 0) is 0 Å². The van der Waals surface area contributed by atoms with Crippen LogP contribution in [0.5, 0.6) is 11.5 Å². The molecule has 0 radical (unpaired) electrons. The molecule has 6 nitrogen and oxygen atoms in total. The summed E-state index contributed by atoms with van der Waals surface area (Å²) in [5.74, 6) is 2.12. The maximum atomic E-state index is 12.5. The van der Waals surface area contributed by atoms with E-state index >= 15 is 0 Å². The predicted molar refractivity (Wildman–Crippen MR) is 98.9 cm³/mol. The van der Waals surface area contributed by atoms with E-state index in [1.54, 1.807) is 0 Å². The van der Waals surface area contributed by atoms with E-state index in [-0.39, 0.29) is 11.0 Å². The Balaban J connectivity index is 1.49. The quantitative estimate of drug-likeness (QED) is 0.548. The molecule has 2 heterocycles. The topological polar surface area (TPSA) is 77.1 Å². The molecule has 1 N–H and O–H groups in total. The molecule has 7 heteroatoms. The van der Waals surface area contributed by atoms with E-state index in [9.17, 15) is 4.79 Å². The van der Waals surface area contributed by atoms with Gasteiger partial charge in [-0.2, -0.15) is 0 Å². The third-order valence-electron chi connectivity index (χ3n) is 3.99. The highest BCUT2D eigenvalue weighted by Gasteiger charge is 2.19. The highest BCUT2D eigenvalue weighted by molar-refractivity contribution is 8.00. The first kappa shape index (κ1) is 16.7. The standard InChI is InChI=1S/C19H17N3O3S/c1-12(17(23)13-5-3-2-4-6-13)26-19-20-18(21-22-19)14-7-8-15-16(11-14)25-10-9-24-15/h2-8,11-12H,9-10H2,1H3,(H,20,21,22). The number of aromatic nitrogens is 3. The van der Waals surface area contributed by atoms with Gasteiger partial charge in [0.15, 0.2) is 23.1 Å². The van der Waals surface area contributed by atoms with Crippen molar-refractivity contribution in [1.29, 1.82) is 0 Å². The van der Waals surface area contributed by atoms with Crippen molar-refractivity contribution in [3.05, 3.63) is 54.1 Å². The van der Waals surface area contributed by atoms with E-state index in [4.69, 9.17) is 9.47 Å². The van der Waals surface area contributed by atoms with E-state index in [2.05, 4.69) is 15.2 Å². The minimum absolute atomic E-state index is 0.0567. The molecule has 4 rings (SSSR count). The first-order chi connectivity index (χ1) is 12.7. The van der Waals surface area contributed by atoms with Gasteiger partial charge in [-0.15, -0.1) is 5.10 Å². The molecule has 3 aromatic rings. The zero-order valence-electron chi connectivity index (χ0n) is 14.1. The van der Waals surface area contributed by atoms with E-state index in [0.29, 0.717) is 35.5 Å². The Kier molecular flexibility index (Phi) is 4.62. The number of nitrogens with one attached hydrogen (secondary N) is 1. The maximum absolute atomic E-state index is 12.5. The molecule has 0 saturated heterocycles. The van der Waals surface area contributed by atoms with Gasteiger partial charge in [-0.3, -0.25) is 9.89 Å². The van der Waals surface area contributed by atoms with Crippen LogP contribution in [-0.4, -0.2) is 39.4 Å². The van der Waals surface area contributed by atoms with Crippen LogP contribution in [0.25, 0.3) is 11.4 Å².